The van der Waals surface area contributed by atoms with E-state index in [1.807, 2.05) is 0 Å². The molecule has 0 amide bonds. The summed E-state index contributed by atoms with van der Waals surface area (Å²) in [5.41, 5.74) is -3.09. The number of ether oxygens (including phenoxy) is 2. The van der Waals surface area contributed by atoms with Gasteiger partial charge in [0.05, 0.1) is 58.0 Å². The first kappa shape index (κ1) is 25.9. The monoisotopic (exact) mass is 566 g/mol. The molecule has 0 saturated carbocycles. The third-order valence-electron chi connectivity index (χ3n) is 7.50. The summed E-state index contributed by atoms with van der Waals surface area (Å²) in [6.07, 6.45) is -7.15. The fraction of sp³-hybridized carbons (Fsp3) is 0.417. The number of nitrogens with zero attached hydrogens (tertiary/aromatic N) is 4. The highest BCUT2D eigenvalue weighted by molar-refractivity contribution is 6.42. The van der Waals surface area contributed by atoms with E-state index in [4.69, 9.17) is 32.7 Å². The van der Waals surface area contributed by atoms with Crippen molar-refractivity contribution in [2.24, 2.45) is 0 Å². The van der Waals surface area contributed by atoms with E-state index in [9.17, 15) is 30.6 Å². The molecular formula is C24H24Cl2N4O8. The molecule has 2 aliphatic rings. The number of imidazole rings is 2. The van der Waals surface area contributed by atoms with E-state index in [1.165, 1.54) is 33.9 Å². The lowest BCUT2D eigenvalue weighted by atomic mass is 9.85. The Labute approximate surface area is 224 Å². The fourth-order valence-corrected chi connectivity index (χ4v) is 6.05. The SMILES string of the molecule is OC[C@H]1OC(n2cnc3ccccc32)(C2(n3cnc4cc(Cl)c(Cl)cc43)O[C@H](CO)[C@@H](O)[C@H]2O)[C@H](O)[C@@H]1O. The number of para-hydroxylation sites is 2. The molecule has 0 spiro atoms. The summed E-state index contributed by atoms with van der Waals surface area (Å²) in [6.45, 7) is -1.40. The highest BCUT2D eigenvalue weighted by atomic mass is 35.5. The lowest BCUT2D eigenvalue weighted by Crippen LogP contribution is -2.67. The standard InChI is InChI=1S/C24H24Cl2N4O8/c25-11-5-14-16(6-12(11)26)30(10-28-14)24(22(36)20(34)18(8-32)38-24)23(21(35)19(33)17(7-31)37-23)29-9-27-13-3-1-2-4-15(13)29/h1-6,9-10,17-22,31-36H,7-8H2/t17-,18-,19-,20-,21-,22-,23?,24?/m1/s1. The zero-order chi connectivity index (χ0) is 27.0. The Morgan fingerprint density at radius 3 is 1.79 bits per heavy atom. The molecular weight excluding hydrogens is 543 g/mol. The summed E-state index contributed by atoms with van der Waals surface area (Å²) in [4.78, 5) is 8.75. The summed E-state index contributed by atoms with van der Waals surface area (Å²) in [5, 5.41) is 66.0. The molecule has 2 saturated heterocycles. The van der Waals surface area contributed by atoms with Crippen molar-refractivity contribution in [3.63, 3.8) is 0 Å². The number of halogens is 2. The molecule has 0 bridgehead atoms. The number of fused-ring (bicyclic) bond motifs is 2. The van der Waals surface area contributed by atoms with Gasteiger partial charge in [-0.15, -0.1) is 0 Å². The molecule has 2 aliphatic heterocycles. The smallest absolute Gasteiger partial charge is 0.227 e. The van der Waals surface area contributed by atoms with Crippen LogP contribution in [0.25, 0.3) is 22.1 Å². The molecule has 0 radical (unpaired) electrons. The van der Waals surface area contributed by atoms with Gasteiger partial charge in [-0.2, -0.15) is 0 Å². The molecule has 14 heteroatoms. The lowest BCUT2D eigenvalue weighted by molar-refractivity contribution is -0.322. The largest absolute Gasteiger partial charge is 0.394 e. The molecule has 2 aromatic carbocycles. The normalized spacial score (nSPS) is 35.6. The summed E-state index contributed by atoms with van der Waals surface area (Å²) in [6, 6.07) is 9.80. The molecule has 38 heavy (non-hydrogen) atoms. The van der Waals surface area contributed by atoms with Crippen molar-refractivity contribution in [2.45, 2.75) is 48.1 Å². The lowest BCUT2D eigenvalue weighted by Gasteiger charge is -2.49. The topological polar surface area (TPSA) is 175 Å². The Balaban J connectivity index is 1.75. The minimum atomic E-state index is -2.31. The first-order chi connectivity index (χ1) is 18.2. The van der Waals surface area contributed by atoms with Crippen molar-refractivity contribution in [3.8, 4) is 0 Å². The van der Waals surface area contributed by atoms with E-state index < -0.39 is 61.3 Å². The van der Waals surface area contributed by atoms with Gasteiger partial charge in [0.2, 0.25) is 11.4 Å². The summed E-state index contributed by atoms with van der Waals surface area (Å²) < 4.78 is 15.3. The second-order valence-corrected chi connectivity index (χ2v) is 10.2. The quantitative estimate of drug-likeness (QED) is 0.191. The van der Waals surface area contributed by atoms with Crippen LogP contribution in [0.5, 0.6) is 0 Å². The van der Waals surface area contributed by atoms with Crippen molar-refractivity contribution in [2.75, 3.05) is 13.2 Å². The second kappa shape index (κ2) is 9.10. The van der Waals surface area contributed by atoms with Crippen molar-refractivity contribution >= 4 is 45.3 Å². The highest BCUT2D eigenvalue weighted by Gasteiger charge is 2.75. The first-order valence-electron chi connectivity index (χ1n) is 11.8. The number of rotatable bonds is 5. The van der Waals surface area contributed by atoms with Crippen molar-refractivity contribution in [1.82, 2.24) is 19.1 Å². The highest BCUT2D eigenvalue weighted by Crippen LogP contribution is 2.55. The number of hydrogen-bond donors (Lipinski definition) is 6. The van der Waals surface area contributed by atoms with Crippen LogP contribution in [0.1, 0.15) is 0 Å². The zero-order valence-electron chi connectivity index (χ0n) is 19.5. The minimum Gasteiger partial charge on any atom is -0.394 e. The maximum absolute atomic E-state index is 11.8. The number of aliphatic hydroxyl groups excluding tert-OH is 6. The number of aromatic nitrogens is 4. The van der Waals surface area contributed by atoms with Crippen molar-refractivity contribution in [1.29, 1.82) is 0 Å². The van der Waals surface area contributed by atoms with Crippen LogP contribution in [0.2, 0.25) is 10.0 Å². The van der Waals surface area contributed by atoms with Gasteiger partial charge in [0.1, 0.15) is 36.6 Å². The van der Waals surface area contributed by atoms with E-state index in [-0.39, 0.29) is 15.6 Å². The third-order valence-corrected chi connectivity index (χ3v) is 8.23. The Kier molecular flexibility index (Phi) is 6.20. The van der Waals surface area contributed by atoms with Gasteiger partial charge in [0.15, 0.2) is 0 Å². The van der Waals surface area contributed by atoms with Crippen LogP contribution in [0, 0.1) is 0 Å². The molecule has 6 N–H and O–H groups in total. The zero-order valence-corrected chi connectivity index (χ0v) is 21.1. The van der Waals surface area contributed by atoms with Gasteiger partial charge in [-0.25, -0.2) is 9.97 Å². The predicted molar refractivity (Wildman–Crippen MR) is 133 cm³/mol. The molecule has 6 rings (SSSR count). The maximum Gasteiger partial charge on any atom is 0.227 e. The summed E-state index contributed by atoms with van der Waals surface area (Å²) in [7, 11) is 0. The van der Waals surface area contributed by atoms with E-state index in [2.05, 4.69) is 9.97 Å². The predicted octanol–water partition coefficient (Wildman–Crippen LogP) is -0.0756. The molecule has 2 fully saturated rings. The second-order valence-electron chi connectivity index (χ2n) is 9.41. The van der Waals surface area contributed by atoms with Crippen LogP contribution in [0.4, 0.5) is 0 Å². The Bertz CT molecular complexity index is 1520. The molecule has 2 aromatic heterocycles. The molecule has 202 valence electrons. The van der Waals surface area contributed by atoms with Crippen LogP contribution in [-0.2, 0) is 20.9 Å². The average Bonchev–Trinajstić information content (AvgIpc) is 3.65. The van der Waals surface area contributed by atoms with E-state index in [1.54, 1.807) is 24.3 Å². The average molecular weight is 567 g/mol. The Hall–Kier alpha value is -2.36. The van der Waals surface area contributed by atoms with Crippen molar-refractivity contribution < 1.29 is 40.1 Å². The van der Waals surface area contributed by atoms with Crippen LogP contribution in [0.15, 0.2) is 49.1 Å². The van der Waals surface area contributed by atoms with E-state index >= 15 is 0 Å². The molecule has 2 unspecified atom stereocenters. The molecule has 4 aromatic rings. The van der Waals surface area contributed by atoms with Gasteiger partial charge in [0, 0.05) is 0 Å². The minimum absolute atomic E-state index is 0.145. The van der Waals surface area contributed by atoms with Crippen LogP contribution < -0.4 is 0 Å². The van der Waals surface area contributed by atoms with E-state index in [0.717, 1.165) is 0 Å². The molecule has 4 heterocycles. The van der Waals surface area contributed by atoms with Crippen LogP contribution >= 0.6 is 23.2 Å². The van der Waals surface area contributed by atoms with E-state index in [0.29, 0.717) is 16.6 Å². The fourth-order valence-electron chi connectivity index (χ4n) is 5.73. The van der Waals surface area contributed by atoms with Gasteiger partial charge in [-0.1, -0.05) is 35.3 Å². The maximum atomic E-state index is 11.8. The van der Waals surface area contributed by atoms with Gasteiger partial charge in [0.25, 0.3) is 0 Å². The van der Waals surface area contributed by atoms with Crippen LogP contribution in [-0.4, -0.2) is 99.6 Å². The number of aliphatic hydroxyl groups is 6. The van der Waals surface area contributed by atoms with Gasteiger partial charge >= 0.3 is 0 Å². The Morgan fingerprint density at radius 2 is 1.24 bits per heavy atom. The van der Waals surface area contributed by atoms with Crippen molar-refractivity contribution in [3.05, 3.63) is 59.1 Å². The van der Waals surface area contributed by atoms with Crippen LogP contribution in [0.3, 0.4) is 0 Å². The third kappa shape index (κ3) is 3.21. The summed E-state index contributed by atoms with van der Waals surface area (Å²) >= 11 is 12.5. The Morgan fingerprint density at radius 1 is 0.737 bits per heavy atom. The molecule has 8 atom stereocenters. The summed E-state index contributed by atoms with van der Waals surface area (Å²) in [5.74, 6) is 0. The molecule has 0 aliphatic carbocycles. The first-order valence-corrected chi connectivity index (χ1v) is 12.5. The number of hydrogen-bond acceptors (Lipinski definition) is 10. The number of benzene rings is 2. The van der Waals surface area contributed by atoms with Gasteiger partial charge in [-0.05, 0) is 24.3 Å². The van der Waals surface area contributed by atoms with Gasteiger partial charge < -0.3 is 40.1 Å². The van der Waals surface area contributed by atoms with Gasteiger partial charge in [-0.3, -0.25) is 9.13 Å². The molecule has 12 nitrogen and oxygen atoms in total.